The monoisotopic (exact) mass is 416 g/mol. The van der Waals surface area contributed by atoms with Crippen molar-refractivity contribution in [3.8, 4) is 11.6 Å². The zero-order valence-electron chi connectivity index (χ0n) is 16.2. The van der Waals surface area contributed by atoms with Crippen LogP contribution in [0.4, 0.5) is 5.82 Å². The van der Waals surface area contributed by atoms with Crippen molar-refractivity contribution in [3.05, 3.63) is 54.9 Å². The van der Waals surface area contributed by atoms with E-state index in [1.54, 1.807) is 47.4 Å². The van der Waals surface area contributed by atoms with Crippen LogP contribution < -0.4 is 14.8 Å². The quantitative estimate of drug-likeness (QED) is 0.461. The molecule has 0 aliphatic carbocycles. The predicted octanol–water partition coefficient (Wildman–Crippen LogP) is 2.23. The minimum absolute atomic E-state index is 0.198. The van der Waals surface area contributed by atoms with Crippen LogP contribution in [0.25, 0.3) is 5.82 Å². The Morgan fingerprint density at radius 1 is 1.07 bits per heavy atom. The molecule has 0 saturated heterocycles. The topological polar surface area (TPSA) is 111 Å². The molecular formula is C19H24N6O3S. The van der Waals surface area contributed by atoms with Gasteiger partial charge in [-0.3, -0.25) is 0 Å². The van der Waals surface area contributed by atoms with Crippen molar-refractivity contribution in [3.63, 3.8) is 0 Å². The first-order valence-corrected chi connectivity index (χ1v) is 10.9. The van der Waals surface area contributed by atoms with Gasteiger partial charge < -0.3 is 10.1 Å². The van der Waals surface area contributed by atoms with Crippen LogP contribution in [0.15, 0.2) is 59.8 Å². The number of rotatable bonds is 11. The molecule has 0 aliphatic heterocycles. The number of nitrogens with zero attached hydrogens (tertiary/aromatic N) is 4. The van der Waals surface area contributed by atoms with Crippen LogP contribution in [-0.4, -0.2) is 48.1 Å². The maximum atomic E-state index is 12.4. The van der Waals surface area contributed by atoms with E-state index in [0.29, 0.717) is 30.5 Å². The summed E-state index contributed by atoms with van der Waals surface area (Å²) >= 11 is 0. The van der Waals surface area contributed by atoms with Gasteiger partial charge in [-0.15, -0.1) is 10.2 Å². The molecule has 0 unspecified atom stereocenters. The summed E-state index contributed by atoms with van der Waals surface area (Å²) in [7, 11) is -3.59. The minimum atomic E-state index is -3.59. The third-order valence-electron chi connectivity index (χ3n) is 4.01. The van der Waals surface area contributed by atoms with Gasteiger partial charge in [0.2, 0.25) is 10.0 Å². The number of benzene rings is 1. The first-order valence-electron chi connectivity index (χ1n) is 9.38. The van der Waals surface area contributed by atoms with Crippen LogP contribution in [0.3, 0.4) is 0 Å². The molecular weight excluding hydrogens is 392 g/mol. The molecule has 2 aromatic heterocycles. The van der Waals surface area contributed by atoms with Gasteiger partial charge in [0.05, 0.1) is 11.5 Å². The number of anilines is 1. The smallest absolute Gasteiger partial charge is 0.240 e. The first kappa shape index (κ1) is 20.7. The second-order valence-electron chi connectivity index (χ2n) is 6.23. The van der Waals surface area contributed by atoms with E-state index in [9.17, 15) is 8.42 Å². The zero-order chi connectivity index (χ0) is 20.5. The molecule has 0 atom stereocenters. The van der Waals surface area contributed by atoms with E-state index >= 15 is 0 Å². The van der Waals surface area contributed by atoms with Crippen molar-refractivity contribution < 1.29 is 13.2 Å². The standard InChI is InChI=1S/C19H24N6O3S/c1-2-3-15-28-16-5-7-17(8-6-16)29(26,27)22-13-12-20-18-9-10-19(24-23-18)25-14-4-11-21-25/h4-11,14,22H,2-3,12-13,15H2,1H3,(H,20,23). The van der Waals surface area contributed by atoms with Gasteiger partial charge in [-0.05, 0) is 48.9 Å². The van der Waals surface area contributed by atoms with Crippen molar-refractivity contribution in [1.82, 2.24) is 24.7 Å². The molecule has 2 heterocycles. The summed E-state index contributed by atoms with van der Waals surface area (Å²) in [6.45, 7) is 3.29. The van der Waals surface area contributed by atoms with Crippen LogP contribution >= 0.6 is 0 Å². The van der Waals surface area contributed by atoms with E-state index in [-0.39, 0.29) is 11.4 Å². The van der Waals surface area contributed by atoms with Gasteiger partial charge in [-0.1, -0.05) is 13.3 Å². The van der Waals surface area contributed by atoms with E-state index in [2.05, 4.69) is 32.3 Å². The molecule has 29 heavy (non-hydrogen) atoms. The SMILES string of the molecule is CCCCOc1ccc(S(=O)(=O)NCCNc2ccc(-n3cccn3)nn2)cc1. The number of hydrogen-bond donors (Lipinski definition) is 2. The molecule has 0 bridgehead atoms. The molecule has 0 fully saturated rings. The molecule has 0 saturated carbocycles. The number of hydrogen-bond acceptors (Lipinski definition) is 7. The lowest BCUT2D eigenvalue weighted by Crippen LogP contribution is -2.29. The summed E-state index contributed by atoms with van der Waals surface area (Å²) in [6, 6.07) is 11.7. The molecule has 154 valence electrons. The summed E-state index contributed by atoms with van der Waals surface area (Å²) in [5, 5.41) is 15.2. The van der Waals surface area contributed by atoms with Crippen LogP contribution in [0.2, 0.25) is 0 Å². The predicted molar refractivity (Wildman–Crippen MR) is 110 cm³/mol. The number of nitrogens with one attached hydrogen (secondary N) is 2. The van der Waals surface area contributed by atoms with Gasteiger partial charge in [0.1, 0.15) is 11.6 Å². The fourth-order valence-electron chi connectivity index (χ4n) is 2.45. The van der Waals surface area contributed by atoms with Crippen molar-refractivity contribution >= 4 is 15.8 Å². The molecule has 0 aliphatic rings. The lowest BCUT2D eigenvalue weighted by Gasteiger charge is -2.09. The Morgan fingerprint density at radius 3 is 2.55 bits per heavy atom. The van der Waals surface area contributed by atoms with Crippen molar-refractivity contribution in [1.29, 1.82) is 0 Å². The molecule has 0 spiro atoms. The molecule has 9 nitrogen and oxygen atoms in total. The second-order valence-corrected chi connectivity index (χ2v) is 7.99. The Labute approximate surface area is 170 Å². The van der Waals surface area contributed by atoms with E-state index in [4.69, 9.17) is 4.74 Å². The number of aromatic nitrogens is 4. The fourth-order valence-corrected chi connectivity index (χ4v) is 3.49. The molecule has 10 heteroatoms. The average molecular weight is 417 g/mol. The molecule has 3 rings (SSSR count). The van der Waals surface area contributed by atoms with Gasteiger partial charge >= 0.3 is 0 Å². The van der Waals surface area contributed by atoms with Crippen LogP contribution in [0, 0.1) is 0 Å². The summed E-state index contributed by atoms with van der Waals surface area (Å²) in [6.07, 6.45) is 5.44. The van der Waals surface area contributed by atoms with Gasteiger partial charge in [-0.2, -0.15) is 5.10 Å². The molecule has 1 aromatic carbocycles. The summed E-state index contributed by atoms with van der Waals surface area (Å²) < 4.78 is 34.5. The van der Waals surface area contributed by atoms with Crippen LogP contribution in [0.5, 0.6) is 5.75 Å². The number of ether oxygens (including phenoxy) is 1. The van der Waals surface area contributed by atoms with E-state index in [1.807, 2.05) is 0 Å². The maximum Gasteiger partial charge on any atom is 0.240 e. The summed E-state index contributed by atoms with van der Waals surface area (Å²) in [5.74, 6) is 1.81. The normalized spacial score (nSPS) is 11.3. The van der Waals surface area contributed by atoms with Crippen molar-refractivity contribution in [2.24, 2.45) is 0 Å². The van der Waals surface area contributed by atoms with E-state index in [1.165, 1.54) is 12.1 Å². The highest BCUT2D eigenvalue weighted by molar-refractivity contribution is 7.89. The average Bonchev–Trinajstić information content (AvgIpc) is 3.27. The third-order valence-corrected chi connectivity index (χ3v) is 5.49. The Bertz CT molecular complexity index is 974. The fraction of sp³-hybridized carbons (Fsp3) is 0.316. The van der Waals surface area contributed by atoms with Crippen molar-refractivity contribution in [2.75, 3.05) is 25.0 Å². The molecule has 3 aromatic rings. The Balaban J connectivity index is 1.45. The maximum absolute atomic E-state index is 12.4. The van der Waals surface area contributed by atoms with Crippen LogP contribution in [0.1, 0.15) is 19.8 Å². The van der Waals surface area contributed by atoms with Gasteiger partial charge in [0.25, 0.3) is 0 Å². The minimum Gasteiger partial charge on any atom is -0.494 e. The Hall–Kier alpha value is -2.98. The van der Waals surface area contributed by atoms with E-state index < -0.39 is 10.0 Å². The molecule has 0 radical (unpaired) electrons. The van der Waals surface area contributed by atoms with Gasteiger partial charge in [0.15, 0.2) is 5.82 Å². The van der Waals surface area contributed by atoms with E-state index in [0.717, 1.165) is 12.8 Å². The Kier molecular flexibility index (Phi) is 7.14. The summed E-state index contributed by atoms with van der Waals surface area (Å²) in [4.78, 5) is 0.198. The highest BCUT2D eigenvalue weighted by Gasteiger charge is 2.13. The van der Waals surface area contributed by atoms with Gasteiger partial charge in [0, 0.05) is 25.5 Å². The third kappa shape index (κ3) is 6.00. The first-order chi connectivity index (χ1) is 14.1. The second kappa shape index (κ2) is 9.99. The molecule has 0 amide bonds. The lowest BCUT2D eigenvalue weighted by atomic mass is 10.3. The lowest BCUT2D eigenvalue weighted by molar-refractivity contribution is 0.309. The molecule has 2 N–H and O–H groups in total. The Morgan fingerprint density at radius 2 is 1.90 bits per heavy atom. The van der Waals surface area contributed by atoms with Crippen LogP contribution in [-0.2, 0) is 10.0 Å². The number of sulfonamides is 1. The van der Waals surface area contributed by atoms with Crippen molar-refractivity contribution in [2.45, 2.75) is 24.7 Å². The highest BCUT2D eigenvalue weighted by Crippen LogP contribution is 2.16. The number of unbranched alkanes of at least 4 members (excludes halogenated alkanes) is 1. The van der Waals surface area contributed by atoms with Gasteiger partial charge in [-0.25, -0.2) is 17.8 Å². The largest absolute Gasteiger partial charge is 0.494 e. The highest BCUT2D eigenvalue weighted by atomic mass is 32.2. The summed E-state index contributed by atoms with van der Waals surface area (Å²) in [5.41, 5.74) is 0. The zero-order valence-corrected chi connectivity index (χ0v) is 17.0.